The second kappa shape index (κ2) is 5.26. The molecular formula is C11H10N4O5. The van der Waals surface area contributed by atoms with Crippen molar-refractivity contribution in [1.29, 1.82) is 0 Å². The van der Waals surface area contributed by atoms with Crippen molar-refractivity contribution in [2.75, 3.05) is 12.4 Å². The second-order valence-electron chi connectivity index (χ2n) is 3.68. The van der Waals surface area contributed by atoms with Crippen LogP contribution in [0.15, 0.2) is 24.3 Å². The maximum absolute atomic E-state index is 12.0. The van der Waals surface area contributed by atoms with Gasteiger partial charge in [0.15, 0.2) is 0 Å². The summed E-state index contributed by atoms with van der Waals surface area (Å²) in [6, 6.07) is 5.99. The van der Waals surface area contributed by atoms with Crippen molar-refractivity contribution < 1.29 is 19.6 Å². The lowest BCUT2D eigenvalue weighted by Crippen LogP contribution is -2.14. The van der Waals surface area contributed by atoms with Crippen LogP contribution in [0.3, 0.4) is 0 Å². The van der Waals surface area contributed by atoms with Crippen LogP contribution in [-0.2, 0) is 0 Å². The molecule has 1 heterocycles. The molecule has 0 aliphatic carbocycles. The summed E-state index contributed by atoms with van der Waals surface area (Å²) in [4.78, 5) is 22.1. The zero-order valence-corrected chi connectivity index (χ0v) is 10.3. The van der Waals surface area contributed by atoms with Crippen LogP contribution in [0.5, 0.6) is 11.6 Å². The lowest BCUT2D eigenvalue weighted by atomic mass is 10.2. The van der Waals surface area contributed by atoms with Gasteiger partial charge in [0.2, 0.25) is 5.69 Å². The van der Waals surface area contributed by atoms with Gasteiger partial charge >= 0.3 is 11.6 Å². The Morgan fingerprint density at radius 2 is 2.20 bits per heavy atom. The molecule has 0 unspecified atom stereocenters. The maximum Gasteiger partial charge on any atom is 0.362 e. The summed E-state index contributed by atoms with van der Waals surface area (Å²) in [5.74, 6) is -1.26. The predicted octanol–water partition coefficient (Wildman–Crippen LogP) is 1.28. The maximum atomic E-state index is 12.0. The Morgan fingerprint density at radius 3 is 2.80 bits per heavy atom. The number of phenolic OH excluding ortho intramolecular Hbond substituents is 1. The number of rotatable bonds is 4. The van der Waals surface area contributed by atoms with Crippen molar-refractivity contribution in [1.82, 2.24) is 10.2 Å². The highest BCUT2D eigenvalue weighted by molar-refractivity contribution is 6.06. The van der Waals surface area contributed by atoms with Crippen molar-refractivity contribution in [3.8, 4) is 11.6 Å². The van der Waals surface area contributed by atoms with Gasteiger partial charge in [-0.1, -0.05) is 12.1 Å². The second-order valence-corrected chi connectivity index (χ2v) is 3.68. The Morgan fingerprint density at radius 1 is 1.50 bits per heavy atom. The fourth-order valence-electron chi connectivity index (χ4n) is 1.55. The van der Waals surface area contributed by atoms with Gasteiger partial charge in [-0.25, -0.2) is 0 Å². The number of nitrogens with zero attached hydrogens (tertiary/aromatic N) is 2. The first-order valence-corrected chi connectivity index (χ1v) is 5.40. The quantitative estimate of drug-likeness (QED) is 0.438. The van der Waals surface area contributed by atoms with Crippen LogP contribution in [0.1, 0.15) is 10.5 Å². The molecule has 0 saturated carbocycles. The number of hydrogen-bond acceptors (Lipinski definition) is 6. The van der Waals surface area contributed by atoms with Crippen LogP contribution in [-0.4, -0.2) is 33.2 Å². The Bertz CT molecular complexity index is 667. The predicted molar refractivity (Wildman–Crippen MR) is 67.9 cm³/mol. The minimum Gasteiger partial charge on any atom is -0.506 e. The lowest BCUT2D eigenvalue weighted by Gasteiger charge is -2.05. The number of para-hydroxylation sites is 2. The largest absolute Gasteiger partial charge is 0.506 e. The first-order valence-electron chi connectivity index (χ1n) is 5.40. The molecule has 104 valence electrons. The standard InChI is InChI=1S/C11H10N4O5/c1-20-11-9(15(18)19)8(13-14-11)10(17)12-6-4-2-3-5-7(6)16/h2-5,16H,1H3,(H,12,17)(H,13,14). The fourth-order valence-corrected chi connectivity index (χ4v) is 1.55. The van der Waals surface area contributed by atoms with Crippen LogP contribution in [0.2, 0.25) is 0 Å². The third kappa shape index (κ3) is 2.36. The summed E-state index contributed by atoms with van der Waals surface area (Å²) in [5.41, 5.74) is -0.809. The lowest BCUT2D eigenvalue weighted by molar-refractivity contribution is -0.386. The van der Waals surface area contributed by atoms with Gasteiger partial charge in [-0.15, -0.1) is 5.10 Å². The Kier molecular flexibility index (Phi) is 3.51. The summed E-state index contributed by atoms with van der Waals surface area (Å²) >= 11 is 0. The van der Waals surface area contributed by atoms with E-state index in [9.17, 15) is 20.0 Å². The smallest absolute Gasteiger partial charge is 0.362 e. The van der Waals surface area contributed by atoms with Gasteiger partial charge in [0.05, 0.1) is 17.7 Å². The van der Waals surface area contributed by atoms with Gasteiger partial charge < -0.3 is 15.2 Å². The van der Waals surface area contributed by atoms with E-state index in [0.29, 0.717) is 0 Å². The number of amides is 1. The summed E-state index contributed by atoms with van der Waals surface area (Å²) in [6.45, 7) is 0. The number of phenols is 1. The number of hydrogen-bond donors (Lipinski definition) is 3. The van der Waals surface area contributed by atoms with E-state index in [1.807, 2.05) is 0 Å². The molecule has 0 spiro atoms. The molecule has 2 aromatic rings. The molecule has 1 amide bonds. The summed E-state index contributed by atoms with van der Waals surface area (Å²) in [5, 5.41) is 28.6. The molecule has 2 rings (SSSR count). The number of methoxy groups -OCH3 is 1. The third-order valence-corrected chi connectivity index (χ3v) is 2.46. The highest BCUT2D eigenvalue weighted by Gasteiger charge is 2.30. The van der Waals surface area contributed by atoms with Gasteiger partial charge in [0.1, 0.15) is 5.75 Å². The van der Waals surface area contributed by atoms with Gasteiger partial charge in [-0.2, -0.15) is 0 Å². The van der Waals surface area contributed by atoms with Gasteiger partial charge in [-0.3, -0.25) is 20.0 Å². The van der Waals surface area contributed by atoms with Crippen molar-refractivity contribution in [2.24, 2.45) is 0 Å². The molecule has 0 fully saturated rings. The summed E-state index contributed by atoms with van der Waals surface area (Å²) in [7, 11) is 1.20. The van der Waals surface area contributed by atoms with Gasteiger partial charge in [-0.05, 0) is 12.1 Å². The Balaban J connectivity index is 2.33. The number of benzene rings is 1. The van der Waals surface area contributed by atoms with E-state index in [4.69, 9.17) is 4.74 Å². The molecule has 0 atom stereocenters. The topological polar surface area (TPSA) is 130 Å². The van der Waals surface area contributed by atoms with E-state index >= 15 is 0 Å². The summed E-state index contributed by atoms with van der Waals surface area (Å²) < 4.78 is 4.70. The molecule has 0 bridgehead atoms. The Labute approximate surface area is 112 Å². The first kappa shape index (κ1) is 13.3. The van der Waals surface area contributed by atoms with Crippen LogP contribution in [0.25, 0.3) is 0 Å². The molecular weight excluding hydrogens is 268 g/mol. The number of carbonyl (C=O) groups excluding carboxylic acids is 1. The Hall–Kier alpha value is -3.10. The first-order chi connectivity index (χ1) is 9.54. The number of carbonyl (C=O) groups is 1. The number of anilines is 1. The molecule has 0 saturated heterocycles. The molecule has 3 N–H and O–H groups in total. The number of aromatic amines is 1. The molecule has 9 nitrogen and oxygen atoms in total. The van der Waals surface area contributed by atoms with E-state index in [0.717, 1.165) is 0 Å². The van der Waals surface area contributed by atoms with Crippen LogP contribution >= 0.6 is 0 Å². The SMILES string of the molecule is COc1n[nH]c(C(=O)Nc2ccccc2O)c1[N+](=O)[O-]. The number of aromatic nitrogens is 2. The monoisotopic (exact) mass is 278 g/mol. The molecule has 1 aromatic carbocycles. The van der Waals surface area contributed by atoms with Crippen LogP contribution < -0.4 is 10.1 Å². The fraction of sp³-hybridized carbons (Fsp3) is 0.0909. The normalized spacial score (nSPS) is 10.1. The molecule has 0 radical (unpaired) electrons. The minimum atomic E-state index is -0.811. The van der Waals surface area contributed by atoms with Gasteiger partial charge in [0.25, 0.3) is 5.91 Å². The molecule has 0 aliphatic heterocycles. The van der Waals surface area contributed by atoms with Crippen molar-refractivity contribution in [2.45, 2.75) is 0 Å². The van der Waals surface area contributed by atoms with Crippen molar-refractivity contribution >= 4 is 17.3 Å². The van der Waals surface area contributed by atoms with Crippen molar-refractivity contribution in [3.63, 3.8) is 0 Å². The van der Waals surface area contributed by atoms with Crippen molar-refractivity contribution in [3.05, 3.63) is 40.1 Å². The molecule has 1 aromatic heterocycles. The average Bonchev–Trinajstić information content (AvgIpc) is 2.85. The molecule has 0 aliphatic rings. The number of nitrogens with one attached hydrogen (secondary N) is 2. The zero-order chi connectivity index (χ0) is 14.7. The molecule has 20 heavy (non-hydrogen) atoms. The highest BCUT2D eigenvalue weighted by atomic mass is 16.6. The number of aromatic hydroxyl groups is 1. The van der Waals surface area contributed by atoms with E-state index in [-0.39, 0.29) is 23.0 Å². The third-order valence-electron chi connectivity index (χ3n) is 2.46. The molecule has 9 heteroatoms. The minimum absolute atomic E-state index is 0.125. The number of ether oxygens (including phenoxy) is 1. The van der Waals surface area contributed by atoms with E-state index in [1.165, 1.54) is 19.2 Å². The van der Waals surface area contributed by atoms with E-state index in [1.54, 1.807) is 12.1 Å². The number of nitro groups is 1. The van der Waals surface area contributed by atoms with E-state index in [2.05, 4.69) is 15.5 Å². The van der Waals surface area contributed by atoms with Crippen LogP contribution in [0, 0.1) is 10.1 Å². The van der Waals surface area contributed by atoms with Gasteiger partial charge in [0, 0.05) is 0 Å². The van der Waals surface area contributed by atoms with Crippen LogP contribution in [0.4, 0.5) is 11.4 Å². The highest BCUT2D eigenvalue weighted by Crippen LogP contribution is 2.29. The number of H-pyrrole nitrogens is 1. The zero-order valence-electron chi connectivity index (χ0n) is 10.3. The average molecular weight is 278 g/mol. The summed E-state index contributed by atoms with van der Waals surface area (Å²) in [6.07, 6.45) is 0. The van der Waals surface area contributed by atoms with E-state index < -0.39 is 16.5 Å².